The van der Waals surface area contributed by atoms with Crippen LogP contribution < -0.4 is 0 Å². The highest BCUT2D eigenvalue weighted by molar-refractivity contribution is 7.98. The number of halogens is 1. The first-order valence-electron chi connectivity index (χ1n) is 6.89. The van der Waals surface area contributed by atoms with Crippen molar-refractivity contribution in [2.75, 3.05) is 0 Å². The van der Waals surface area contributed by atoms with Crippen LogP contribution in [0.25, 0.3) is 11.4 Å². The Morgan fingerprint density at radius 1 is 1.39 bits per heavy atom. The molecule has 2 heterocycles. The number of hydrogen-bond acceptors (Lipinski definition) is 6. The van der Waals surface area contributed by atoms with Gasteiger partial charge in [-0.3, -0.25) is 0 Å². The highest BCUT2D eigenvalue weighted by atomic mass is 35.5. The average molecular weight is 348 g/mol. The lowest BCUT2D eigenvalue weighted by atomic mass is 10.2. The standard InChI is InChI=1S/C15H14ClN5OS/c1-3-7-21-10(2)18-19-15(21)23-9-13-17-14(20-22-13)11-5-4-6-12(16)8-11/h3-6,8H,1,7,9H2,2H3. The molecule has 0 saturated carbocycles. The molecule has 0 spiro atoms. The molecular formula is C15H14ClN5OS. The monoisotopic (exact) mass is 347 g/mol. The Balaban J connectivity index is 1.71. The zero-order chi connectivity index (χ0) is 16.2. The predicted octanol–water partition coefficient (Wildman–Crippen LogP) is 3.77. The van der Waals surface area contributed by atoms with Crippen LogP contribution in [0.1, 0.15) is 11.7 Å². The van der Waals surface area contributed by atoms with Gasteiger partial charge in [0.1, 0.15) is 5.82 Å². The van der Waals surface area contributed by atoms with Gasteiger partial charge in [-0.1, -0.05) is 46.7 Å². The van der Waals surface area contributed by atoms with E-state index in [-0.39, 0.29) is 0 Å². The van der Waals surface area contributed by atoms with Crippen molar-refractivity contribution in [3.63, 3.8) is 0 Å². The Morgan fingerprint density at radius 2 is 2.26 bits per heavy atom. The van der Waals surface area contributed by atoms with Crippen molar-refractivity contribution in [1.29, 1.82) is 0 Å². The third-order valence-electron chi connectivity index (χ3n) is 3.09. The summed E-state index contributed by atoms with van der Waals surface area (Å²) in [5, 5.41) is 13.6. The second-order valence-electron chi connectivity index (χ2n) is 4.74. The van der Waals surface area contributed by atoms with Gasteiger partial charge in [0, 0.05) is 17.1 Å². The molecule has 0 atom stereocenters. The van der Waals surface area contributed by atoms with E-state index < -0.39 is 0 Å². The second kappa shape index (κ2) is 6.97. The van der Waals surface area contributed by atoms with Crippen LogP contribution in [0, 0.1) is 6.92 Å². The minimum absolute atomic E-state index is 0.517. The van der Waals surface area contributed by atoms with Crippen molar-refractivity contribution in [2.45, 2.75) is 24.4 Å². The Kier molecular flexibility index (Phi) is 4.78. The lowest BCUT2D eigenvalue weighted by Gasteiger charge is -2.03. The summed E-state index contributed by atoms with van der Waals surface area (Å²) in [5.41, 5.74) is 0.822. The number of hydrogen-bond donors (Lipinski definition) is 0. The largest absolute Gasteiger partial charge is 0.338 e. The highest BCUT2D eigenvalue weighted by Crippen LogP contribution is 2.24. The zero-order valence-corrected chi connectivity index (χ0v) is 14.0. The molecule has 3 aromatic rings. The van der Waals surface area contributed by atoms with Gasteiger partial charge in [0.15, 0.2) is 5.16 Å². The van der Waals surface area contributed by atoms with Gasteiger partial charge >= 0.3 is 0 Å². The summed E-state index contributed by atoms with van der Waals surface area (Å²) in [7, 11) is 0. The van der Waals surface area contributed by atoms with Crippen LogP contribution in [0.3, 0.4) is 0 Å². The molecule has 0 fully saturated rings. The minimum Gasteiger partial charge on any atom is -0.338 e. The Bertz CT molecular complexity index is 829. The lowest BCUT2D eigenvalue weighted by Crippen LogP contribution is -2.00. The van der Waals surface area contributed by atoms with Crippen LogP contribution in [0.4, 0.5) is 0 Å². The first-order chi connectivity index (χ1) is 11.2. The van der Waals surface area contributed by atoms with Gasteiger partial charge in [-0.05, 0) is 19.1 Å². The number of thioether (sulfide) groups is 1. The number of rotatable bonds is 6. The van der Waals surface area contributed by atoms with Crippen LogP contribution >= 0.6 is 23.4 Å². The Morgan fingerprint density at radius 3 is 3.04 bits per heavy atom. The molecule has 0 unspecified atom stereocenters. The third kappa shape index (κ3) is 3.62. The fourth-order valence-electron chi connectivity index (χ4n) is 1.99. The minimum atomic E-state index is 0.517. The molecular weight excluding hydrogens is 334 g/mol. The molecule has 0 aliphatic rings. The molecule has 23 heavy (non-hydrogen) atoms. The average Bonchev–Trinajstić information content (AvgIpc) is 3.14. The second-order valence-corrected chi connectivity index (χ2v) is 6.12. The first-order valence-corrected chi connectivity index (χ1v) is 8.25. The van der Waals surface area contributed by atoms with Gasteiger partial charge in [0.2, 0.25) is 11.7 Å². The van der Waals surface area contributed by atoms with Crippen LogP contribution in [0.15, 0.2) is 46.6 Å². The quantitative estimate of drug-likeness (QED) is 0.499. The lowest BCUT2D eigenvalue weighted by molar-refractivity contribution is 0.391. The molecule has 0 aliphatic heterocycles. The molecule has 0 amide bonds. The fourth-order valence-corrected chi connectivity index (χ4v) is 3.01. The molecule has 8 heteroatoms. The molecule has 2 aromatic heterocycles. The van der Waals surface area contributed by atoms with E-state index in [1.165, 1.54) is 11.8 Å². The first kappa shape index (κ1) is 15.8. The Labute approximate surface area is 142 Å². The van der Waals surface area contributed by atoms with Gasteiger partial charge < -0.3 is 9.09 Å². The molecule has 3 rings (SSSR count). The van der Waals surface area contributed by atoms with Crippen molar-refractivity contribution in [3.8, 4) is 11.4 Å². The van der Waals surface area contributed by atoms with Crippen LogP contribution in [-0.4, -0.2) is 24.9 Å². The summed E-state index contributed by atoms with van der Waals surface area (Å²) in [6, 6.07) is 7.34. The van der Waals surface area contributed by atoms with E-state index in [9.17, 15) is 0 Å². The van der Waals surface area contributed by atoms with E-state index in [0.29, 0.717) is 29.0 Å². The van der Waals surface area contributed by atoms with Crippen molar-refractivity contribution in [3.05, 3.63) is 53.7 Å². The third-order valence-corrected chi connectivity index (χ3v) is 4.28. The molecule has 6 nitrogen and oxygen atoms in total. The molecule has 1 aromatic carbocycles. The van der Waals surface area contributed by atoms with Gasteiger partial charge in [-0.15, -0.1) is 16.8 Å². The summed E-state index contributed by atoms with van der Waals surface area (Å²) < 4.78 is 7.26. The summed E-state index contributed by atoms with van der Waals surface area (Å²) in [4.78, 5) is 4.38. The molecule has 118 valence electrons. The van der Waals surface area contributed by atoms with Crippen molar-refractivity contribution >= 4 is 23.4 Å². The maximum Gasteiger partial charge on any atom is 0.237 e. The summed E-state index contributed by atoms with van der Waals surface area (Å²) in [6.07, 6.45) is 1.81. The highest BCUT2D eigenvalue weighted by Gasteiger charge is 2.13. The van der Waals surface area contributed by atoms with Crippen molar-refractivity contribution < 1.29 is 4.52 Å². The smallest absolute Gasteiger partial charge is 0.237 e. The number of allylic oxidation sites excluding steroid dienone is 1. The zero-order valence-electron chi connectivity index (χ0n) is 12.4. The van der Waals surface area contributed by atoms with Crippen LogP contribution in [0.2, 0.25) is 5.02 Å². The van der Waals surface area contributed by atoms with Crippen LogP contribution in [-0.2, 0) is 12.3 Å². The Hall–Kier alpha value is -2.12. The summed E-state index contributed by atoms with van der Waals surface area (Å²) in [5.74, 6) is 2.41. The van der Waals surface area contributed by atoms with Gasteiger partial charge in [-0.25, -0.2) is 0 Å². The number of aryl methyl sites for hydroxylation is 1. The van der Waals surface area contributed by atoms with E-state index in [2.05, 4.69) is 26.9 Å². The van der Waals surface area contributed by atoms with E-state index in [1.807, 2.05) is 29.7 Å². The van der Waals surface area contributed by atoms with E-state index in [0.717, 1.165) is 16.5 Å². The fraction of sp³-hybridized carbons (Fsp3) is 0.200. The maximum absolute atomic E-state index is 5.98. The number of nitrogens with zero attached hydrogens (tertiary/aromatic N) is 5. The topological polar surface area (TPSA) is 69.6 Å². The SMILES string of the molecule is C=CCn1c(C)nnc1SCc1nc(-c2cccc(Cl)c2)no1. The summed E-state index contributed by atoms with van der Waals surface area (Å²) in [6.45, 7) is 6.32. The molecule has 0 N–H and O–H groups in total. The van der Waals surface area contributed by atoms with Crippen LogP contribution in [0.5, 0.6) is 0 Å². The summed E-state index contributed by atoms with van der Waals surface area (Å²) >= 11 is 7.47. The van der Waals surface area contributed by atoms with Gasteiger partial charge in [-0.2, -0.15) is 4.98 Å². The van der Waals surface area contributed by atoms with E-state index in [1.54, 1.807) is 12.1 Å². The number of benzene rings is 1. The molecule has 0 aliphatic carbocycles. The van der Waals surface area contributed by atoms with Crippen molar-refractivity contribution in [1.82, 2.24) is 24.9 Å². The van der Waals surface area contributed by atoms with Crippen molar-refractivity contribution in [2.24, 2.45) is 0 Å². The molecule has 0 bridgehead atoms. The normalized spacial score (nSPS) is 10.9. The van der Waals surface area contributed by atoms with Gasteiger partial charge in [0.25, 0.3) is 0 Å². The predicted molar refractivity (Wildman–Crippen MR) is 89.3 cm³/mol. The van der Waals surface area contributed by atoms with E-state index in [4.69, 9.17) is 16.1 Å². The maximum atomic E-state index is 5.98. The van der Waals surface area contributed by atoms with Gasteiger partial charge in [0.05, 0.1) is 5.75 Å². The number of aromatic nitrogens is 5. The molecule has 0 saturated heterocycles. The molecule has 0 radical (unpaired) electrons. The van der Waals surface area contributed by atoms with E-state index >= 15 is 0 Å².